The van der Waals surface area contributed by atoms with Crippen LogP contribution in [-0.4, -0.2) is 45.8 Å². The van der Waals surface area contributed by atoms with E-state index in [1.165, 1.54) is 5.39 Å². The first kappa shape index (κ1) is 20.4. The highest BCUT2D eigenvalue weighted by Crippen LogP contribution is 2.31. The van der Waals surface area contributed by atoms with Crippen LogP contribution in [0.15, 0.2) is 24.4 Å². The van der Waals surface area contributed by atoms with Gasteiger partial charge in [-0.1, -0.05) is 0 Å². The quantitative estimate of drug-likeness (QED) is 0.655. The summed E-state index contributed by atoms with van der Waals surface area (Å²) < 4.78 is 7.32. The molecule has 6 heteroatoms. The number of nitrogens with zero attached hydrogens (tertiary/aromatic N) is 4. The molecule has 1 aromatic carbocycles. The van der Waals surface area contributed by atoms with Gasteiger partial charge in [0.25, 0.3) is 0 Å². The van der Waals surface area contributed by atoms with Crippen LogP contribution < -0.4 is 4.74 Å². The van der Waals surface area contributed by atoms with E-state index in [2.05, 4.69) is 25.0 Å². The van der Waals surface area contributed by atoms with Crippen molar-refractivity contribution >= 4 is 16.7 Å². The van der Waals surface area contributed by atoms with Crippen LogP contribution in [-0.2, 0) is 11.3 Å². The van der Waals surface area contributed by atoms with E-state index in [1.54, 1.807) is 7.11 Å². The number of benzene rings is 1. The molecule has 1 aliphatic heterocycles. The number of methoxy groups -OCH3 is 1. The number of ether oxygens (including phenoxy) is 1. The van der Waals surface area contributed by atoms with Gasteiger partial charge in [-0.2, -0.15) is 5.10 Å². The predicted molar refractivity (Wildman–Crippen MR) is 118 cm³/mol. The molecule has 1 unspecified atom stereocenters. The molecular formula is C24H30N4O2. The van der Waals surface area contributed by atoms with E-state index in [4.69, 9.17) is 9.72 Å². The molecule has 1 fully saturated rings. The number of rotatable bonds is 4. The number of aryl methyl sites for hydroxylation is 2. The van der Waals surface area contributed by atoms with Gasteiger partial charge in [0.15, 0.2) is 0 Å². The molecule has 1 saturated heterocycles. The number of carbonyl (C=O) groups excluding carboxylic acids is 1. The standard InChI is InChI=1S/C24H30N4O2/c1-15-17(3)26-28(18(15)4)14-24(29)27-10-6-7-20(13-27)22-11-21-16(2)23(30-5)9-8-19(21)12-25-22/h8-9,11-12,20H,6-7,10,13-14H2,1-5H3. The number of fused-ring (bicyclic) bond motifs is 1. The summed E-state index contributed by atoms with van der Waals surface area (Å²) in [4.78, 5) is 19.7. The van der Waals surface area contributed by atoms with Crippen molar-refractivity contribution in [3.8, 4) is 5.75 Å². The molecule has 30 heavy (non-hydrogen) atoms. The zero-order valence-corrected chi connectivity index (χ0v) is 18.5. The molecule has 3 heterocycles. The minimum absolute atomic E-state index is 0.129. The number of piperidine rings is 1. The summed E-state index contributed by atoms with van der Waals surface area (Å²) in [5.41, 5.74) is 5.39. The van der Waals surface area contributed by atoms with Crippen LogP contribution in [0.2, 0.25) is 0 Å². The van der Waals surface area contributed by atoms with Crippen molar-refractivity contribution in [1.29, 1.82) is 0 Å². The Kier molecular flexibility index (Phi) is 5.50. The molecule has 2 aromatic heterocycles. The van der Waals surface area contributed by atoms with E-state index in [-0.39, 0.29) is 11.8 Å². The Morgan fingerprint density at radius 2 is 2.00 bits per heavy atom. The largest absolute Gasteiger partial charge is 0.496 e. The van der Waals surface area contributed by atoms with Gasteiger partial charge in [0.1, 0.15) is 12.3 Å². The Bertz CT molecular complexity index is 1100. The molecule has 1 atom stereocenters. The summed E-state index contributed by atoms with van der Waals surface area (Å²) in [6, 6.07) is 6.21. The fourth-order valence-electron chi connectivity index (χ4n) is 4.42. The highest BCUT2D eigenvalue weighted by atomic mass is 16.5. The molecule has 0 saturated carbocycles. The van der Waals surface area contributed by atoms with E-state index in [1.807, 2.05) is 41.8 Å². The second kappa shape index (κ2) is 8.09. The molecule has 0 radical (unpaired) electrons. The van der Waals surface area contributed by atoms with E-state index >= 15 is 0 Å². The third-order valence-electron chi connectivity index (χ3n) is 6.58. The average molecular weight is 407 g/mol. The van der Waals surface area contributed by atoms with Gasteiger partial charge >= 0.3 is 0 Å². The van der Waals surface area contributed by atoms with E-state index in [9.17, 15) is 4.79 Å². The Balaban J connectivity index is 1.54. The van der Waals surface area contributed by atoms with Crippen LogP contribution >= 0.6 is 0 Å². The summed E-state index contributed by atoms with van der Waals surface area (Å²) in [5, 5.41) is 6.81. The van der Waals surface area contributed by atoms with Gasteiger partial charge in [0.2, 0.25) is 5.91 Å². The zero-order valence-electron chi connectivity index (χ0n) is 18.5. The maximum absolute atomic E-state index is 13.0. The lowest BCUT2D eigenvalue weighted by molar-refractivity contribution is -0.133. The van der Waals surface area contributed by atoms with Gasteiger partial charge in [0, 0.05) is 42.0 Å². The van der Waals surface area contributed by atoms with Crippen LogP contribution in [0.25, 0.3) is 10.8 Å². The van der Waals surface area contributed by atoms with Gasteiger partial charge < -0.3 is 9.64 Å². The first-order chi connectivity index (χ1) is 14.4. The molecule has 4 rings (SSSR count). The van der Waals surface area contributed by atoms with Crippen LogP contribution in [0.3, 0.4) is 0 Å². The van der Waals surface area contributed by atoms with Crippen molar-refractivity contribution < 1.29 is 9.53 Å². The summed E-state index contributed by atoms with van der Waals surface area (Å²) in [6.45, 7) is 9.96. The summed E-state index contributed by atoms with van der Waals surface area (Å²) in [5.74, 6) is 1.27. The lowest BCUT2D eigenvalue weighted by atomic mass is 9.92. The maximum atomic E-state index is 13.0. The van der Waals surface area contributed by atoms with Crippen LogP contribution in [0, 0.1) is 27.7 Å². The first-order valence-electron chi connectivity index (χ1n) is 10.6. The van der Waals surface area contributed by atoms with Crippen LogP contribution in [0.5, 0.6) is 5.75 Å². The number of carbonyl (C=O) groups is 1. The highest BCUT2D eigenvalue weighted by Gasteiger charge is 2.26. The van der Waals surface area contributed by atoms with E-state index in [0.717, 1.165) is 58.7 Å². The molecule has 0 aliphatic carbocycles. The molecule has 6 nitrogen and oxygen atoms in total. The number of hydrogen-bond acceptors (Lipinski definition) is 4. The number of pyridine rings is 1. The lowest BCUT2D eigenvalue weighted by Crippen LogP contribution is -2.41. The molecule has 0 bridgehead atoms. The number of amides is 1. The van der Waals surface area contributed by atoms with Crippen LogP contribution in [0.4, 0.5) is 0 Å². The number of hydrogen-bond donors (Lipinski definition) is 0. The van der Waals surface area contributed by atoms with Gasteiger partial charge in [-0.25, -0.2) is 0 Å². The minimum Gasteiger partial charge on any atom is -0.496 e. The highest BCUT2D eigenvalue weighted by molar-refractivity contribution is 5.87. The smallest absolute Gasteiger partial charge is 0.244 e. The fraction of sp³-hybridized carbons (Fsp3) is 0.458. The second-order valence-corrected chi connectivity index (χ2v) is 8.36. The van der Waals surface area contributed by atoms with Crippen molar-refractivity contribution in [2.75, 3.05) is 20.2 Å². The summed E-state index contributed by atoms with van der Waals surface area (Å²) in [6.07, 6.45) is 3.98. The summed E-state index contributed by atoms with van der Waals surface area (Å²) >= 11 is 0. The topological polar surface area (TPSA) is 60.2 Å². The first-order valence-corrected chi connectivity index (χ1v) is 10.6. The Morgan fingerprint density at radius 3 is 2.70 bits per heavy atom. The zero-order chi connectivity index (χ0) is 21.4. The van der Waals surface area contributed by atoms with Gasteiger partial charge in [0.05, 0.1) is 12.8 Å². The van der Waals surface area contributed by atoms with E-state index in [0.29, 0.717) is 13.1 Å². The molecule has 0 N–H and O–H groups in total. The normalized spacial score (nSPS) is 16.8. The fourth-order valence-corrected chi connectivity index (χ4v) is 4.42. The third-order valence-corrected chi connectivity index (χ3v) is 6.58. The predicted octanol–water partition coefficient (Wildman–Crippen LogP) is 4.08. The van der Waals surface area contributed by atoms with Crippen molar-refractivity contribution in [3.05, 3.63) is 52.6 Å². The van der Waals surface area contributed by atoms with Gasteiger partial charge in [-0.15, -0.1) is 0 Å². The molecule has 158 valence electrons. The maximum Gasteiger partial charge on any atom is 0.244 e. The molecule has 1 amide bonds. The second-order valence-electron chi connectivity index (χ2n) is 8.36. The lowest BCUT2D eigenvalue weighted by Gasteiger charge is -2.32. The monoisotopic (exact) mass is 406 g/mol. The van der Waals surface area contributed by atoms with Gasteiger partial charge in [-0.3, -0.25) is 14.5 Å². The van der Waals surface area contributed by atoms with Crippen molar-refractivity contribution in [1.82, 2.24) is 19.7 Å². The molecule has 0 spiro atoms. The number of likely N-dealkylation sites (tertiary alicyclic amines) is 1. The molecule has 3 aromatic rings. The third kappa shape index (κ3) is 3.66. The average Bonchev–Trinajstić information content (AvgIpc) is 3.00. The Morgan fingerprint density at radius 1 is 1.20 bits per heavy atom. The van der Waals surface area contributed by atoms with E-state index < -0.39 is 0 Å². The van der Waals surface area contributed by atoms with Crippen molar-refractivity contribution in [2.45, 2.75) is 53.0 Å². The molecule has 1 aliphatic rings. The number of aromatic nitrogens is 3. The molecular weight excluding hydrogens is 376 g/mol. The SMILES string of the molecule is COc1ccc2cnc(C3CCCN(C(=O)Cn4nc(C)c(C)c4C)C3)cc2c1C. The Labute approximate surface area is 177 Å². The van der Waals surface area contributed by atoms with Crippen molar-refractivity contribution in [3.63, 3.8) is 0 Å². The van der Waals surface area contributed by atoms with Crippen molar-refractivity contribution in [2.24, 2.45) is 0 Å². The van der Waals surface area contributed by atoms with Gasteiger partial charge in [-0.05, 0) is 75.2 Å². The Hall–Kier alpha value is -2.89. The summed E-state index contributed by atoms with van der Waals surface area (Å²) in [7, 11) is 1.70. The minimum atomic E-state index is 0.129. The van der Waals surface area contributed by atoms with Crippen LogP contribution in [0.1, 0.15) is 47.0 Å².